The highest BCUT2D eigenvalue weighted by molar-refractivity contribution is 5.96. The van der Waals surface area contributed by atoms with Crippen molar-refractivity contribution < 1.29 is 28.6 Å². The number of nitrogens with one attached hydrogen (secondary N) is 2. The molecule has 0 aromatic heterocycles. The normalized spacial score (nSPS) is 10.2. The van der Waals surface area contributed by atoms with Gasteiger partial charge in [0.1, 0.15) is 6.61 Å². The molecule has 25 heavy (non-hydrogen) atoms. The van der Waals surface area contributed by atoms with Crippen molar-refractivity contribution in [3.63, 3.8) is 0 Å². The molecular weight excluding hydrogens is 328 g/mol. The van der Waals surface area contributed by atoms with Crippen LogP contribution in [0.5, 0.6) is 0 Å². The lowest BCUT2D eigenvalue weighted by Crippen LogP contribution is -2.26. The van der Waals surface area contributed by atoms with Gasteiger partial charge in [-0.1, -0.05) is 0 Å². The summed E-state index contributed by atoms with van der Waals surface area (Å²) < 4.78 is 14.5. The van der Waals surface area contributed by atoms with Crippen molar-refractivity contribution in [1.29, 1.82) is 0 Å². The molecule has 0 radical (unpaired) electrons. The monoisotopic (exact) mass is 352 g/mol. The Bertz CT molecular complexity index is 559. The van der Waals surface area contributed by atoms with Crippen LogP contribution < -0.4 is 10.6 Å². The van der Waals surface area contributed by atoms with E-state index < -0.39 is 5.97 Å². The predicted molar refractivity (Wildman–Crippen MR) is 91.3 cm³/mol. The zero-order chi connectivity index (χ0) is 18.5. The Balaban J connectivity index is 2.35. The minimum atomic E-state index is -0.449. The van der Waals surface area contributed by atoms with Crippen LogP contribution in [0, 0.1) is 0 Å². The van der Waals surface area contributed by atoms with Crippen LogP contribution in [0.4, 0.5) is 5.69 Å². The Hall–Kier alpha value is -2.45. The van der Waals surface area contributed by atoms with Crippen LogP contribution in [0.25, 0.3) is 0 Å². The molecule has 1 rings (SSSR count). The van der Waals surface area contributed by atoms with Gasteiger partial charge in [0.05, 0.1) is 19.6 Å². The van der Waals surface area contributed by atoms with E-state index in [1.165, 1.54) is 7.11 Å². The number of amides is 2. The van der Waals surface area contributed by atoms with Crippen LogP contribution in [0.15, 0.2) is 24.3 Å². The van der Waals surface area contributed by atoms with Crippen molar-refractivity contribution in [3.05, 3.63) is 29.8 Å². The fraction of sp³-hybridized carbons (Fsp3) is 0.471. The molecule has 8 heteroatoms. The first-order chi connectivity index (χ1) is 12.1. The summed E-state index contributed by atoms with van der Waals surface area (Å²) in [7, 11) is 3.07. The maximum Gasteiger partial charge on any atom is 0.306 e. The Kier molecular flexibility index (Phi) is 9.88. The van der Waals surface area contributed by atoms with Crippen molar-refractivity contribution >= 4 is 23.5 Å². The van der Waals surface area contributed by atoms with Gasteiger partial charge in [-0.05, 0) is 24.3 Å². The van der Waals surface area contributed by atoms with Gasteiger partial charge in [0.25, 0.3) is 5.91 Å². The van der Waals surface area contributed by atoms with Crippen LogP contribution in [0.3, 0.4) is 0 Å². The maximum absolute atomic E-state index is 11.8. The van der Waals surface area contributed by atoms with Gasteiger partial charge in [0.2, 0.25) is 5.91 Å². The molecule has 2 N–H and O–H groups in total. The van der Waals surface area contributed by atoms with Gasteiger partial charge >= 0.3 is 5.97 Å². The second-order valence-electron chi connectivity index (χ2n) is 5.09. The van der Waals surface area contributed by atoms with Gasteiger partial charge in [-0.3, -0.25) is 14.4 Å². The molecule has 0 heterocycles. The molecule has 1 aromatic carbocycles. The lowest BCUT2D eigenvalue weighted by molar-refractivity contribution is -0.145. The van der Waals surface area contributed by atoms with Crippen LogP contribution in [-0.2, 0) is 23.8 Å². The van der Waals surface area contributed by atoms with Gasteiger partial charge in [-0.25, -0.2) is 0 Å². The SMILES string of the molecule is COCCNC(=O)c1ccc(NC(=O)CCC(=O)OCCOC)cc1. The molecule has 1 aromatic rings. The second-order valence-corrected chi connectivity index (χ2v) is 5.09. The van der Waals surface area contributed by atoms with Crippen molar-refractivity contribution in [2.45, 2.75) is 12.8 Å². The van der Waals surface area contributed by atoms with Gasteiger partial charge in [0.15, 0.2) is 0 Å². The third-order valence-corrected chi connectivity index (χ3v) is 3.13. The first kappa shape index (κ1) is 20.6. The van der Waals surface area contributed by atoms with E-state index in [2.05, 4.69) is 10.6 Å². The van der Waals surface area contributed by atoms with Crippen LogP contribution in [-0.4, -0.2) is 58.4 Å². The fourth-order valence-electron chi connectivity index (χ4n) is 1.82. The molecule has 0 unspecified atom stereocenters. The molecule has 2 amide bonds. The summed E-state index contributed by atoms with van der Waals surface area (Å²) in [5, 5.41) is 5.36. The number of benzene rings is 1. The number of ether oxygens (including phenoxy) is 3. The van der Waals surface area contributed by atoms with Gasteiger partial charge in [-0.15, -0.1) is 0 Å². The smallest absolute Gasteiger partial charge is 0.306 e. The topological polar surface area (TPSA) is 103 Å². The third-order valence-electron chi connectivity index (χ3n) is 3.13. The minimum Gasteiger partial charge on any atom is -0.463 e. The molecule has 0 saturated carbocycles. The summed E-state index contributed by atoms with van der Waals surface area (Å²) in [6, 6.07) is 6.47. The average Bonchev–Trinajstić information content (AvgIpc) is 2.61. The number of rotatable bonds is 11. The molecule has 0 aliphatic rings. The Morgan fingerprint density at radius 2 is 1.60 bits per heavy atom. The number of carbonyl (C=O) groups excluding carboxylic acids is 3. The van der Waals surface area contributed by atoms with Crippen molar-refractivity contribution in [3.8, 4) is 0 Å². The lowest BCUT2D eigenvalue weighted by Gasteiger charge is -2.08. The van der Waals surface area contributed by atoms with E-state index >= 15 is 0 Å². The Morgan fingerprint density at radius 1 is 0.920 bits per heavy atom. The molecule has 138 valence electrons. The highest BCUT2D eigenvalue weighted by Crippen LogP contribution is 2.10. The van der Waals surface area contributed by atoms with E-state index in [1.54, 1.807) is 31.4 Å². The summed E-state index contributed by atoms with van der Waals surface area (Å²) in [5.74, 6) is -0.968. The van der Waals surface area contributed by atoms with Crippen LogP contribution in [0.2, 0.25) is 0 Å². The average molecular weight is 352 g/mol. The number of methoxy groups -OCH3 is 2. The molecule has 0 fully saturated rings. The fourth-order valence-corrected chi connectivity index (χ4v) is 1.82. The molecule has 0 saturated heterocycles. The Labute approximate surface area is 146 Å². The number of carbonyl (C=O) groups is 3. The van der Waals surface area contributed by atoms with Gasteiger partial charge in [0, 0.05) is 38.4 Å². The molecular formula is C17H24N2O6. The molecule has 0 aliphatic carbocycles. The lowest BCUT2D eigenvalue weighted by atomic mass is 10.2. The first-order valence-electron chi connectivity index (χ1n) is 7.88. The molecule has 0 atom stereocenters. The zero-order valence-electron chi connectivity index (χ0n) is 14.5. The maximum atomic E-state index is 11.8. The van der Waals surface area contributed by atoms with E-state index in [0.717, 1.165) is 0 Å². The third kappa shape index (κ3) is 8.83. The van der Waals surface area contributed by atoms with E-state index in [0.29, 0.717) is 31.0 Å². The molecule has 0 spiro atoms. The Morgan fingerprint density at radius 3 is 2.24 bits per heavy atom. The highest BCUT2D eigenvalue weighted by Gasteiger charge is 2.09. The quantitative estimate of drug-likeness (QED) is 0.454. The molecule has 0 bridgehead atoms. The zero-order valence-corrected chi connectivity index (χ0v) is 14.5. The van der Waals surface area contributed by atoms with Gasteiger partial charge in [-0.2, -0.15) is 0 Å². The largest absolute Gasteiger partial charge is 0.463 e. The number of esters is 1. The summed E-state index contributed by atoms with van der Waals surface area (Å²) in [6.07, 6.45) is 0.0145. The summed E-state index contributed by atoms with van der Waals surface area (Å²) in [6.45, 7) is 1.36. The van der Waals surface area contributed by atoms with Crippen molar-refractivity contribution in [1.82, 2.24) is 5.32 Å². The van der Waals surface area contributed by atoms with Crippen LogP contribution >= 0.6 is 0 Å². The summed E-state index contributed by atoms with van der Waals surface area (Å²) >= 11 is 0. The summed E-state index contributed by atoms with van der Waals surface area (Å²) in [5.41, 5.74) is 1.03. The molecule has 0 aliphatic heterocycles. The van der Waals surface area contributed by atoms with Crippen molar-refractivity contribution in [2.24, 2.45) is 0 Å². The minimum absolute atomic E-state index is 0.00443. The van der Waals surface area contributed by atoms with Gasteiger partial charge < -0.3 is 24.8 Å². The van der Waals surface area contributed by atoms with E-state index in [-0.39, 0.29) is 31.3 Å². The van der Waals surface area contributed by atoms with E-state index in [1.807, 2.05) is 0 Å². The van der Waals surface area contributed by atoms with Crippen molar-refractivity contribution in [2.75, 3.05) is 45.9 Å². The summed E-state index contributed by atoms with van der Waals surface area (Å²) in [4.78, 5) is 35.0. The van der Waals surface area contributed by atoms with E-state index in [9.17, 15) is 14.4 Å². The van der Waals surface area contributed by atoms with Crippen LogP contribution in [0.1, 0.15) is 23.2 Å². The first-order valence-corrected chi connectivity index (χ1v) is 7.88. The number of hydrogen-bond donors (Lipinski definition) is 2. The van der Waals surface area contributed by atoms with E-state index in [4.69, 9.17) is 14.2 Å². The standard InChI is InChI=1S/C17H24N2O6/c1-23-10-9-18-17(22)13-3-5-14(6-4-13)19-15(20)7-8-16(21)25-12-11-24-2/h3-6H,7-12H2,1-2H3,(H,18,22)(H,19,20). The highest BCUT2D eigenvalue weighted by atomic mass is 16.6. The number of hydrogen-bond acceptors (Lipinski definition) is 6. The second kappa shape index (κ2) is 12.0. The number of anilines is 1. The predicted octanol–water partition coefficient (Wildman–Crippen LogP) is 0.971. The molecule has 8 nitrogen and oxygen atoms in total.